The molecule has 0 aliphatic rings. The molecule has 0 radical (unpaired) electrons. The van der Waals surface area contributed by atoms with E-state index >= 15 is 0 Å². The zero-order chi connectivity index (χ0) is 12.9. The number of hydrogen-bond acceptors (Lipinski definition) is 5. The average molecular weight is 271 g/mol. The first kappa shape index (κ1) is 16.3. The topological polar surface area (TPSA) is 55.8 Å². The van der Waals surface area contributed by atoms with Gasteiger partial charge in [-0.15, -0.1) is 0 Å². The van der Waals surface area contributed by atoms with Gasteiger partial charge in [-0.05, 0) is 34.4 Å². The van der Waals surface area contributed by atoms with E-state index in [2.05, 4.69) is 36.5 Å². The molecular formula is C9H22NO4PS. The standard InChI is InChI=1S/C9H22NO4PS/c1-8(2)10(9(3)4)15(5)13-7-14-16(6,11)12/h8-9H,7H2,1-6H3. The van der Waals surface area contributed by atoms with E-state index in [1.54, 1.807) is 0 Å². The summed E-state index contributed by atoms with van der Waals surface area (Å²) in [6.45, 7) is 10.1. The fourth-order valence-corrected chi connectivity index (χ4v) is 3.43. The van der Waals surface area contributed by atoms with Gasteiger partial charge in [0.1, 0.15) is 8.30 Å². The predicted octanol–water partition coefficient (Wildman–Crippen LogP) is 2.00. The first-order chi connectivity index (χ1) is 7.15. The molecule has 0 aromatic heterocycles. The molecule has 0 heterocycles. The Labute approximate surface area is 100 Å². The molecule has 98 valence electrons. The molecule has 0 bridgehead atoms. The molecule has 7 heteroatoms. The van der Waals surface area contributed by atoms with Crippen LogP contribution in [0.25, 0.3) is 0 Å². The normalized spacial score (nSPS) is 15.1. The van der Waals surface area contributed by atoms with E-state index < -0.39 is 18.4 Å². The van der Waals surface area contributed by atoms with Gasteiger partial charge < -0.3 is 4.52 Å². The Morgan fingerprint density at radius 1 is 1.19 bits per heavy atom. The summed E-state index contributed by atoms with van der Waals surface area (Å²) in [5.41, 5.74) is 0. The Morgan fingerprint density at radius 3 is 1.94 bits per heavy atom. The van der Waals surface area contributed by atoms with Gasteiger partial charge in [0.05, 0.1) is 6.26 Å². The van der Waals surface area contributed by atoms with Crippen LogP contribution in [-0.4, -0.2) is 44.9 Å². The van der Waals surface area contributed by atoms with Crippen molar-refractivity contribution in [2.45, 2.75) is 39.8 Å². The van der Waals surface area contributed by atoms with Crippen molar-refractivity contribution in [1.82, 2.24) is 4.67 Å². The number of rotatable bonds is 7. The fraction of sp³-hybridized carbons (Fsp3) is 1.00. The minimum absolute atomic E-state index is 0.211. The van der Waals surface area contributed by atoms with Gasteiger partial charge in [-0.1, -0.05) is 0 Å². The van der Waals surface area contributed by atoms with Crippen LogP contribution in [0.15, 0.2) is 0 Å². The molecule has 0 rings (SSSR count). The van der Waals surface area contributed by atoms with Crippen LogP contribution < -0.4 is 0 Å². The lowest BCUT2D eigenvalue weighted by Gasteiger charge is -2.34. The average Bonchev–Trinajstić information content (AvgIpc) is 1.99. The number of hydrogen-bond donors (Lipinski definition) is 0. The van der Waals surface area contributed by atoms with Crippen LogP contribution in [0, 0.1) is 0 Å². The van der Waals surface area contributed by atoms with Crippen LogP contribution in [0.2, 0.25) is 0 Å². The molecule has 0 aromatic carbocycles. The summed E-state index contributed by atoms with van der Waals surface area (Å²) in [6, 6.07) is 0.712. The van der Waals surface area contributed by atoms with E-state index in [-0.39, 0.29) is 6.79 Å². The van der Waals surface area contributed by atoms with Gasteiger partial charge in [0, 0.05) is 12.1 Å². The lowest BCUT2D eigenvalue weighted by atomic mass is 10.3. The van der Waals surface area contributed by atoms with Gasteiger partial charge in [-0.2, -0.15) is 8.42 Å². The molecule has 0 spiro atoms. The van der Waals surface area contributed by atoms with Crippen molar-refractivity contribution < 1.29 is 17.1 Å². The van der Waals surface area contributed by atoms with Gasteiger partial charge in [0.2, 0.25) is 0 Å². The van der Waals surface area contributed by atoms with Gasteiger partial charge in [0.15, 0.2) is 6.79 Å². The minimum Gasteiger partial charge on any atom is -0.316 e. The van der Waals surface area contributed by atoms with Crippen molar-refractivity contribution >= 4 is 18.4 Å². The highest BCUT2D eigenvalue weighted by molar-refractivity contribution is 7.85. The third-order valence-electron chi connectivity index (χ3n) is 1.89. The maximum atomic E-state index is 10.7. The second kappa shape index (κ2) is 6.87. The van der Waals surface area contributed by atoms with Crippen molar-refractivity contribution in [3.63, 3.8) is 0 Å². The van der Waals surface area contributed by atoms with E-state index in [0.717, 1.165) is 6.26 Å². The molecule has 0 aliphatic carbocycles. The van der Waals surface area contributed by atoms with Crippen molar-refractivity contribution in [1.29, 1.82) is 0 Å². The van der Waals surface area contributed by atoms with Crippen molar-refractivity contribution in [2.75, 3.05) is 19.7 Å². The molecule has 0 aliphatic heterocycles. The van der Waals surface area contributed by atoms with Crippen LogP contribution in [0.3, 0.4) is 0 Å². The Kier molecular flexibility index (Phi) is 6.98. The van der Waals surface area contributed by atoms with E-state index in [1.165, 1.54) is 0 Å². The summed E-state index contributed by atoms with van der Waals surface area (Å²) in [5.74, 6) is 0. The highest BCUT2D eigenvalue weighted by Gasteiger charge is 2.21. The van der Waals surface area contributed by atoms with Crippen LogP contribution in [0.4, 0.5) is 0 Å². The molecule has 5 nitrogen and oxygen atoms in total. The highest BCUT2D eigenvalue weighted by atomic mass is 32.2. The third-order valence-corrected chi connectivity index (χ3v) is 4.46. The molecule has 0 saturated carbocycles. The highest BCUT2D eigenvalue weighted by Crippen LogP contribution is 2.40. The fourth-order valence-electron chi connectivity index (χ4n) is 1.50. The zero-order valence-corrected chi connectivity index (χ0v) is 12.5. The SMILES string of the molecule is CC(C)N(C(C)C)P(C)OCOS(C)(=O)=O. The summed E-state index contributed by atoms with van der Waals surface area (Å²) in [5, 5.41) is 0. The molecule has 0 fully saturated rings. The Morgan fingerprint density at radius 2 is 1.62 bits per heavy atom. The molecule has 0 N–H and O–H groups in total. The van der Waals surface area contributed by atoms with Crippen LogP contribution in [0.1, 0.15) is 27.7 Å². The second-order valence-corrected chi connectivity index (χ2v) is 7.39. The Bertz CT molecular complexity index is 284. The second-order valence-electron chi connectivity index (χ2n) is 4.10. The van der Waals surface area contributed by atoms with Gasteiger partial charge in [0.25, 0.3) is 10.1 Å². The lowest BCUT2D eigenvalue weighted by molar-refractivity contribution is 0.125. The van der Waals surface area contributed by atoms with Crippen molar-refractivity contribution in [3.05, 3.63) is 0 Å². The first-order valence-corrected chi connectivity index (χ1v) is 8.62. The Hall–Kier alpha value is 0.260. The largest absolute Gasteiger partial charge is 0.316 e. The monoisotopic (exact) mass is 271 g/mol. The molecule has 0 aromatic rings. The lowest BCUT2D eigenvalue weighted by Crippen LogP contribution is -2.32. The molecule has 0 saturated heterocycles. The molecule has 1 unspecified atom stereocenters. The predicted molar refractivity (Wildman–Crippen MR) is 66.8 cm³/mol. The summed E-state index contributed by atoms with van der Waals surface area (Å²) >= 11 is 0. The van der Waals surface area contributed by atoms with Crippen LogP contribution in [0.5, 0.6) is 0 Å². The van der Waals surface area contributed by atoms with Crippen LogP contribution in [-0.2, 0) is 18.8 Å². The maximum Gasteiger partial charge on any atom is 0.266 e. The molecular weight excluding hydrogens is 249 g/mol. The van der Waals surface area contributed by atoms with Gasteiger partial charge in [-0.25, -0.2) is 4.18 Å². The van der Waals surface area contributed by atoms with Crippen LogP contribution >= 0.6 is 8.30 Å². The quantitative estimate of drug-likeness (QED) is 0.403. The summed E-state index contributed by atoms with van der Waals surface area (Å²) in [7, 11) is -4.25. The molecule has 0 amide bonds. The molecule has 1 atom stereocenters. The van der Waals surface area contributed by atoms with Gasteiger partial charge >= 0.3 is 0 Å². The van der Waals surface area contributed by atoms with E-state index in [1.807, 2.05) is 6.66 Å². The third kappa shape index (κ3) is 6.76. The summed E-state index contributed by atoms with van der Waals surface area (Å²) < 4.78 is 33.6. The van der Waals surface area contributed by atoms with E-state index in [0.29, 0.717) is 12.1 Å². The van der Waals surface area contributed by atoms with Crippen molar-refractivity contribution in [3.8, 4) is 0 Å². The molecule has 16 heavy (non-hydrogen) atoms. The zero-order valence-electron chi connectivity index (χ0n) is 10.8. The maximum absolute atomic E-state index is 10.7. The number of nitrogens with zero attached hydrogens (tertiary/aromatic N) is 1. The van der Waals surface area contributed by atoms with Crippen molar-refractivity contribution in [2.24, 2.45) is 0 Å². The summed E-state index contributed by atoms with van der Waals surface area (Å²) in [4.78, 5) is 0. The Balaban J connectivity index is 4.17. The smallest absolute Gasteiger partial charge is 0.266 e. The minimum atomic E-state index is -3.42. The van der Waals surface area contributed by atoms with Gasteiger partial charge in [-0.3, -0.25) is 4.67 Å². The van der Waals surface area contributed by atoms with E-state index in [4.69, 9.17) is 4.52 Å². The summed E-state index contributed by atoms with van der Waals surface area (Å²) in [6.07, 6.45) is 1.01. The first-order valence-electron chi connectivity index (χ1n) is 5.14. The van der Waals surface area contributed by atoms with E-state index in [9.17, 15) is 8.42 Å².